The number of hydrogen-bond acceptors (Lipinski definition) is 8. The Hall–Kier alpha value is -3.15. The van der Waals surface area contributed by atoms with Gasteiger partial charge in [0, 0.05) is 20.4 Å². The van der Waals surface area contributed by atoms with E-state index in [1.54, 1.807) is 6.07 Å². The van der Waals surface area contributed by atoms with Gasteiger partial charge in [0.2, 0.25) is 0 Å². The minimum absolute atomic E-state index is 0.0839. The first-order valence-electron chi connectivity index (χ1n) is 6.89. The van der Waals surface area contributed by atoms with Crippen LogP contribution in [0.4, 0.5) is 0 Å². The van der Waals surface area contributed by atoms with Crippen LogP contribution in [0, 0.1) is 0 Å². The number of rotatable bonds is 4. The van der Waals surface area contributed by atoms with E-state index in [9.17, 15) is 9.59 Å². The van der Waals surface area contributed by atoms with Gasteiger partial charge in [-0.25, -0.2) is 14.6 Å². The number of H-pyrrole nitrogens is 1. The number of pyridine rings is 1. The number of aliphatic hydroxyl groups excluding tert-OH is 2. The zero-order chi connectivity index (χ0) is 19.7. The summed E-state index contributed by atoms with van der Waals surface area (Å²) in [6.45, 7) is 0. The van der Waals surface area contributed by atoms with Crippen LogP contribution in [-0.2, 0) is 0 Å². The van der Waals surface area contributed by atoms with Crippen molar-refractivity contribution < 1.29 is 30.0 Å². The van der Waals surface area contributed by atoms with Gasteiger partial charge in [0.1, 0.15) is 10.6 Å². The molecule has 0 radical (unpaired) electrons. The van der Waals surface area contributed by atoms with Crippen molar-refractivity contribution in [3.05, 3.63) is 40.9 Å². The second-order valence-corrected chi connectivity index (χ2v) is 5.30. The van der Waals surface area contributed by atoms with E-state index in [1.165, 1.54) is 24.4 Å². The first kappa shape index (κ1) is 20.9. The van der Waals surface area contributed by atoms with Crippen LogP contribution in [0.1, 0.15) is 20.0 Å². The average Bonchev–Trinajstić information content (AvgIpc) is 3.34. The number of nitrogens with one attached hydrogen (secondary N) is 1. The van der Waals surface area contributed by atoms with Gasteiger partial charge in [0.05, 0.1) is 10.4 Å². The number of carboxylic acid groups (broad SMARTS) is 2. The molecule has 0 saturated carbocycles. The second kappa shape index (κ2) is 9.98. The number of aromatic nitrogens is 4. The molecule has 0 aliphatic heterocycles. The van der Waals surface area contributed by atoms with Crippen molar-refractivity contribution in [2.75, 3.05) is 14.2 Å². The predicted molar refractivity (Wildman–Crippen MR) is 93.1 cm³/mol. The summed E-state index contributed by atoms with van der Waals surface area (Å²) in [5, 5.41) is 38.5. The van der Waals surface area contributed by atoms with Crippen LogP contribution in [0.2, 0.25) is 0 Å². The lowest BCUT2D eigenvalue weighted by molar-refractivity contribution is 0.0688. The van der Waals surface area contributed by atoms with Crippen molar-refractivity contribution in [3.63, 3.8) is 0 Å². The molecule has 138 valence electrons. The van der Waals surface area contributed by atoms with Gasteiger partial charge in [0.15, 0.2) is 11.6 Å². The smallest absolute Gasteiger partial charge is 0.345 e. The maximum Gasteiger partial charge on any atom is 0.345 e. The highest BCUT2D eigenvalue weighted by Gasteiger charge is 2.14. The SMILES string of the molecule is CO.CO.O=C(O)c1ccnc(-c2n[nH]c(-c3ccc(C(=O)O)s3)n2)c1. The molecule has 0 saturated heterocycles. The van der Waals surface area contributed by atoms with E-state index in [2.05, 4.69) is 20.2 Å². The summed E-state index contributed by atoms with van der Waals surface area (Å²) in [4.78, 5) is 30.9. The number of carboxylic acids is 2. The molecule has 0 aliphatic carbocycles. The van der Waals surface area contributed by atoms with Gasteiger partial charge in [-0.15, -0.1) is 11.3 Å². The highest BCUT2D eigenvalue weighted by Crippen LogP contribution is 2.26. The molecule has 3 heterocycles. The second-order valence-electron chi connectivity index (χ2n) is 4.21. The van der Waals surface area contributed by atoms with E-state index in [4.69, 9.17) is 20.4 Å². The summed E-state index contributed by atoms with van der Waals surface area (Å²) < 4.78 is 0. The zero-order valence-electron chi connectivity index (χ0n) is 13.7. The number of thiophene rings is 1. The normalized spacial score (nSPS) is 9.38. The molecule has 0 unspecified atom stereocenters. The molecule has 0 amide bonds. The summed E-state index contributed by atoms with van der Waals surface area (Å²) in [6.07, 6.45) is 1.36. The summed E-state index contributed by atoms with van der Waals surface area (Å²) in [7, 11) is 2.00. The number of aromatic amines is 1. The van der Waals surface area contributed by atoms with Crippen molar-refractivity contribution in [1.82, 2.24) is 20.2 Å². The molecule has 10 nitrogen and oxygen atoms in total. The van der Waals surface area contributed by atoms with Crippen LogP contribution < -0.4 is 0 Å². The van der Waals surface area contributed by atoms with Crippen LogP contribution >= 0.6 is 11.3 Å². The van der Waals surface area contributed by atoms with Crippen LogP contribution in [0.3, 0.4) is 0 Å². The van der Waals surface area contributed by atoms with Crippen molar-refractivity contribution >= 4 is 23.3 Å². The van der Waals surface area contributed by atoms with Crippen molar-refractivity contribution in [3.8, 4) is 22.2 Å². The number of nitrogens with zero attached hydrogens (tertiary/aromatic N) is 3. The zero-order valence-corrected chi connectivity index (χ0v) is 14.6. The summed E-state index contributed by atoms with van der Waals surface area (Å²) in [6, 6.07) is 5.84. The van der Waals surface area contributed by atoms with Gasteiger partial charge >= 0.3 is 11.9 Å². The Bertz CT molecular complexity index is 876. The maximum atomic E-state index is 10.9. The number of aromatic carboxylic acids is 2. The number of hydrogen-bond donors (Lipinski definition) is 5. The van der Waals surface area contributed by atoms with Gasteiger partial charge in [-0.1, -0.05) is 0 Å². The molecule has 11 heteroatoms. The standard InChI is InChI=1S/C13H8N4O4S.2CH4O/c18-12(19)6-3-4-14-7(5-6)10-15-11(17-16-10)8-1-2-9(22-8)13(20)21;2*1-2/h1-5H,(H,18,19)(H,20,21)(H,15,16,17);2*2H,1H3. The Labute approximate surface area is 151 Å². The van der Waals surface area contributed by atoms with E-state index in [-0.39, 0.29) is 16.3 Å². The molecule has 26 heavy (non-hydrogen) atoms. The van der Waals surface area contributed by atoms with Gasteiger partial charge in [-0.3, -0.25) is 10.1 Å². The Morgan fingerprint density at radius 2 is 1.73 bits per heavy atom. The Morgan fingerprint density at radius 1 is 1.04 bits per heavy atom. The fourth-order valence-corrected chi connectivity index (χ4v) is 2.54. The van der Waals surface area contributed by atoms with Crippen LogP contribution in [0.5, 0.6) is 0 Å². The number of carbonyl (C=O) groups is 2. The van der Waals surface area contributed by atoms with Crippen LogP contribution in [0.15, 0.2) is 30.5 Å². The number of aliphatic hydroxyl groups is 2. The fraction of sp³-hybridized carbons (Fsp3) is 0.133. The molecule has 0 fully saturated rings. The monoisotopic (exact) mass is 380 g/mol. The highest BCUT2D eigenvalue weighted by atomic mass is 32.1. The minimum Gasteiger partial charge on any atom is -0.478 e. The molecule has 0 aromatic carbocycles. The molecule has 3 rings (SSSR count). The van der Waals surface area contributed by atoms with E-state index >= 15 is 0 Å². The highest BCUT2D eigenvalue weighted by molar-refractivity contribution is 7.17. The van der Waals surface area contributed by atoms with Crippen LogP contribution in [-0.4, -0.2) is 66.7 Å². The summed E-state index contributed by atoms with van der Waals surface area (Å²) in [5.74, 6) is -1.44. The topological polar surface area (TPSA) is 170 Å². The Morgan fingerprint density at radius 3 is 2.31 bits per heavy atom. The van der Waals surface area contributed by atoms with Gasteiger partial charge in [0.25, 0.3) is 0 Å². The van der Waals surface area contributed by atoms with Crippen molar-refractivity contribution in [2.24, 2.45) is 0 Å². The summed E-state index contributed by atoms with van der Waals surface area (Å²) >= 11 is 1.06. The van der Waals surface area contributed by atoms with Crippen molar-refractivity contribution in [1.29, 1.82) is 0 Å². The Kier molecular flexibility index (Phi) is 8.02. The van der Waals surface area contributed by atoms with Crippen LogP contribution in [0.25, 0.3) is 22.2 Å². The first-order chi connectivity index (χ1) is 12.5. The van der Waals surface area contributed by atoms with Gasteiger partial charge in [-0.2, -0.15) is 5.10 Å². The third-order valence-corrected chi connectivity index (χ3v) is 3.85. The van der Waals surface area contributed by atoms with E-state index < -0.39 is 11.9 Å². The molecule has 0 atom stereocenters. The largest absolute Gasteiger partial charge is 0.478 e. The third kappa shape index (κ3) is 4.92. The lowest BCUT2D eigenvalue weighted by atomic mass is 10.2. The average molecular weight is 380 g/mol. The minimum atomic E-state index is -1.07. The van der Waals surface area contributed by atoms with Gasteiger partial charge in [-0.05, 0) is 24.3 Å². The molecular weight excluding hydrogens is 364 g/mol. The first-order valence-corrected chi connectivity index (χ1v) is 7.71. The molecule has 0 spiro atoms. The maximum absolute atomic E-state index is 10.9. The lowest BCUT2D eigenvalue weighted by Crippen LogP contribution is -1.97. The Balaban J connectivity index is 0.000000791. The molecule has 3 aromatic rings. The van der Waals surface area contributed by atoms with Gasteiger partial charge < -0.3 is 20.4 Å². The molecule has 0 aliphatic rings. The fourth-order valence-electron chi connectivity index (χ4n) is 1.75. The van der Waals surface area contributed by atoms with E-state index in [0.29, 0.717) is 16.4 Å². The van der Waals surface area contributed by atoms with Crippen molar-refractivity contribution in [2.45, 2.75) is 0 Å². The lowest BCUT2D eigenvalue weighted by Gasteiger charge is -1.96. The third-order valence-electron chi connectivity index (χ3n) is 2.77. The molecule has 0 bridgehead atoms. The molecule has 5 N–H and O–H groups in total. The predicted octanol–water partition coefficient (Wildman–Crippen LogP) is 1.21. The van der Waals surface area contributed by atoms with E-state index in [0.717, 1.165) is 25.6 Å². The quantitative estimate of drug-likeness (QED) is 0.446. The summed E-state index contributed by atoms with van der Waals surface area (Å²) in [5.41, 5.74) is 0.401. The molecular formula is C15H16N4O6S. The van der Waals surface area contributed by atoms with E-state index in [1.807, 2.05) is 0 Å². The molecule has 3 aromatic heterocycles.